The molecule has 0 spiro atoms. The maximum Gasteiger partial charge on any atom is 0.0543 e. The van der Waals surface area contributed by atoms with E-state index in [1.807, 2.05) is 0 Å². The van der Waals surface area contributed by atoms with Gasteiger partial charge in [-0.1, -0.05) is 289 Å². The first kappa shape index (κ1) is 76.1. The molecule has 0 aliphatic heterocycles. The summed E-state index contributed by atoms with van der Waals surface area (Å²) in [4.78, 5) is 0. The summed E-state index contributed by atoms with van der Waals surface area (Å²) in [5, 5.41) is 15.5. The third-order valence-corrected chi connectivity index (χ3v) is 25.3. The van der Waals surface area contributed by atoms with E-state index in [-0.39, 0.29) is 0 Å². The summed E-state index contributed by atoms with van der Waals surface area (Å²) in [7, 11) is 0. The van der Waals surface area contributed by atoms with Crippen molar-refractivity contribution >= 4 is 167 Å². The third kappa shape index (κ3) is 13.8. The highest BCUT2D eigenvalue weighted by Crippen LogP contribution is 2.41. The van der Waals surface area contributed by atoms with Crippen molar-refractivity contribution in [3.8, 4) is 34.1 Å². The maximum atomic E-state index is 2.39. The second-order valence-corrected chi connectivity index (χ2v) is 33.8. The fraction of sp³-hybridized carbons (Fsp3) is 0.0500. The van der Waals surface area contributed by atoms with Gasteiger partial charge in [0.15, 0.2) is 0 Å². The van der Waals surface area contributed by atoms with Gasteiger partial charge in [0.25, 0.3) is 0 Å². The van der Waals surface area contributed by atoms with Gasteiger partial charge >= 0.3 is 0 Å². The lowest BCUT2D eigenvalue weighted by atomic mass is 10.1. The van der Waals surface area contributed by atoms with E-state index in [2.05, 4.69) is 506 Å². The van der Waals surface area contributed by atoms with Gasteiger partial charge in [0.1, 0.15) is 0 Å². The summed E-state index contributed by atoms with van der Waals surface area (Å²) >= 11 is 0. The van der Waals surface area contributed by atoms with Crippen molar-refractivity contribution in [2.75, 3.05) is 0 Å². The molecule has 6 nitrogen and oxygen atoms in total. The van der Waals surface area contributed by atoms with Gasteiger partial charge in [-0.2, -0.15) is 0 Å². The Hall–Kier alpha value is -16.0. The molecule has 0 aliphatic carbocycles. The molecule has 126 heavy (non-hydrogen) atoms. The van der Waals surface area contributed by atoms with Crippen molar-refractivity contribution in [2.45, 2.75) is 41.5 Å². The average Bonchev–Trinajstić information content (AvgIpc) is 1.63. The van der Waals surface area contributed by atoms with Crippen LogP contribution < -0.4 is 0 Å². The van der Waals surface area contributed by atoms with E-state index in [1.54, 1.807) is 0 Å². The molecule has 0 radical (unpaired) electrons. The van der Waals surface area contributed by atoms with Crippen molar-refractivity contribution in [3.63, 3.8) is 0 Å². The summed E-state index contributed by atoms with van der Waals surface area (Å²) in [5.41, 5.74) is 36.7. The monoisotopic (exact) mass is 1610 g/mol. The second kappa shape index (κ2) is 31.8. The topological polar surface area (TPSA) is 29.6 Å². The molecule has 6 aromatic heterocycles. The SMILES string of the molecule is Cc1ccc2c(c1)c1cc(C)ccc1n2-c1ccc(/C=C/c2ccc(-n3c4ccccc4c4ccccc43)cc2)cc1.Cc1ccc2c(c1)c1ccccc1n2-c1ccc(/C=C/c2ccc(-n3c4ccccc4c4cc(C)ccc43)cc2)cc1.Cc1ccc2c3ccc(C)cc3n(-c3ccc(/C=C/c4ccc(-n5c6ccccc6c6ccccc65)cc4)cc3)c2c1. The van der Waals surface area contributed by atoms with Crippen LogP contribution in [0.4, 0.5) is 0 Å². The Morgan fingerprint density at radius 1 is 0.127 bits per heavy atom. The maximum absolute atomic E-state index is 2.39. The van der Waals surface area contributed by atoms with Crippen molar-refractivity contribution in [1.29, 1.82) is 0 Å². The molecule has 0 N–H and O–H groups in total. The fourth-order valence-electron chi connectivity index (χ4n) is 19.2. The van der Waals surface area contributed by atoms with Gasteiger partial charge in [-0.25, -0.2) is 0 Å². The van der Waals surface area contributed by atoms with Crippen LogP contribution in [0, 0.1) is 41.5 Å². The Kier molecular flexibility index (Phi) is 19.2. The average molecular weight is 1620 g/mol. The van der Waals surface area contributed by atoms with Crippen molar-refractivity contribution in [3.05, 3.63) is 467 Å². The lowest BCUT2D eigenvalue weighted by Crippen LogP contribution is -1.94. The third-order valence-electron chi connectivity index (χ3n) is 25.3. The van der Waals surface area contributed by atoms with Gasteiger partial charge in [0.2, 0.25) is 0 Å². The number of nitrogens with zero attached hydrogens (tertiary/aromatic N) is 6. The van der Waals surface area contributed by atoms with Crippen LogP contribution in [0.5, 0.6) is 0 Å². The van der Waals surface area contributed by atoms with Crippen LogP contribution in [0.2, 0.25) is 0 Å². The van der Waals surface area contributed by atoms with Gasteiger partial charge < -0.3 is 27.4 Å². The molecule has 0 saturated carbocycles. The Labute approximate surface area is 732 Å². The van der Waals surface area contributed by atoms with E-state index in [1.165, 1.54) is 232 Å². The first-order valence-corrected chi connectivity index (χ1v) is 43.6. The number of hydrogen-bond acceptors (Lipinski definition) is 0. The highest BCUT2D eigenvalue weighted by atomic mass is 15.0. The van der Waals surface area contributed by atoms with Gasteiger partial charge in [0, 0.05) is 98.8 Å². The molecule has 0 atom stereocenters. The molecule has 6 heteroatoms. The number of aryl methyl sites for hydroxylation is 6. The van der Waals surface area contributed by atoms with Crippen LogP contribution in [0.1, 0.15) is 66.8 Å². The molecule has 24 aromatic rings. The van der Waals surface area contributed by atoms with E-state index < -0.39 is 0 Å². The van der Waals surface area contributed by atoms with E-state index in [4.69, 9.17) is 0 Å². The minimum Gasteiger partial charge on any atom is -0.309 e. The van der Waals surface area contributed by atoms with Gasteiger partial charge in [-0.3, -0.25) is 0 Å². The minimum atomic E-state index is 1.17. The summed E-state index contributed by atoms with van der Waals surface area (Å²) in [6, 6.07) is 145. The van der Waals surface area contributed by atoms with Gasteiger partial charge in [-0.05, 0) is 256 Å². The molecule has 24 rings (SSSR count). The van der Waals surface area contributed by atoms with E-state index >= 15 is 0 Å². The molecule has 0 amide bonds. The zero-order valence-electron chi connectivity index (χ0n) is 71.3. The molecule has 0 saturated heterocycles. The van der Waals surface area contributed by atoms with E-state index in [0.717, 1.165) is 0 Å². The van der Waals surface area contributed by atoms with Crippen LogP contribution >= 0.6 is 0 Å². The van der Waals surface area contributed by atoms with Crippen LogP contribution in [-0.2, 0) is 0 Å². The predicted molar refractivity (Wildman–Crippen MR) is 540 cm³/mol. The Bertz CT molecular complexity index is 8070. The number of hydrogen-bond donors (Lipinski definition) is 0. The van der Waals surface area contributed by atoms with Gasteiger partial charge in [0.05, 0.1) is 66.2 Å². The standard InChI is InChI=1S/3C40H30N2/c1-27-11-23-39-35(25-27)33-7-3-5-9-37(33)41(39)31-19-15-29(16-20-31)13-14-30-17-21-32(22-18-30)42-38-10-6-4-8-34(38)36-26-28(2)12-24-40(36)42;1-27-11-23-39-35(25-27)36-26-28(2)12-24-40(36)42(39)32-21-17-30(18-22-32)14-13-29-15-19-31(20-16-29)41-37-9-5-3-7-33(37)34-8-4-6-10-38(34)41;1-27-11-23-35-36-24-12-28(2)26-40(36)42(39(35)25-27)32-21-17-30(18-22-32)14-13-29-15-19-31(20-16-29)41-37-9-5-3-7-33(37)34-8-4-6-10-38(34)41/h3*3-26H,1-2H3/b3*14-13+. The Balaban J connectivity index is 0.000000112. The Morgan fingerprint density at radius 3 is 0.492 bits per heavy atom. The van der Waals surface area contributed by atoms with Crippen LogP contribution in [0.3, 0.4) is 0 Å². The van der Waals surface area contributed by atoms with E-state index in [9.17, 15) is 0 Å². The molecule has 0 bridgehead atoms. The highest BCUT2D eigenvalue weighted by molar-refractivity contribution is 6.15. The number of fused-ring (bicyclic) bond motifs is 18. The van der Waals surface area contributed by atoms with E-state index in [0.29, 0.717) is 0 Å². The highest BCUT2D eigenvalue weighted by Gasteiger charge is 2.20. The molecule has 6 heterocycles. The van der Waals surface area contributed by atoms with Crippen LogP contribution in [0.15, 0.2) is 400 Å². The molecule has 18 aromatic carbocycles. The van der Waals surface area contributed by atoms with Crippen LogP contribution in [-0.4, -0.2) is 27.4 Å². The minimum absolute atomic E-state index is 1.17. The molecule has 0 fully saturated rings. The zero-order chi connectivity index (χ0) is 84.6. The summed E-state index contributed by atoms with van der Waals surface area (Å²) in [6.07, 6.45) is 13.2. The van der Waals surface area contributed by atoms with Crippen molar-refractivity contribution < 1.29 is 0 Å². The lowest BCUT2D eigenvalue weighted by Gasteiger charge is -2.09. The van der Waals surface area contributed by atoms with Crippen molar-refractivity contribution in [1.82, 2.24) is 27.4 Å². The molecule has 0 unspecified atom stereocenters. The molecular weight excluding hydrogens is 1530 g/mol. The fourth-order valence-corrected chi connectivity index (χ4v) is 19.2. The number of para-hydroxylation sites is 6. The molecule has 600 valence electrons. The first-order valence-electron chi connectivity index (χ1n) is 43.6. The van der Waals surface area contributed by atoms with Crippen molar-refractivity contribution in [2.24, 2.45) is 0 Å². The first-order chi connectivity index (χ1) is 61.9. The molecule has 0 aliphatic rings. The summed E-state index contributed by atoms with van der Waals surface area (Å²) in [5.74, 6) is 0. The zero-order valence-corrected chi connectivity index (χ0v) is 71.3. The predicted octanol–water partition coefficient (Wildman–Crippen LogP) is 32.0. The number of benzene rings is 18. The largest absolute Gasteiger partial charge is 0.309 e. The summed E-state index contributed by atoms with van der Waals surface area (Å²) < 4.78 is 14.2. The smallest absolute Gasteiger partial charge is 0.0543 e. The van der Waals surface area contributed by atoms with Gasteiger partial charge in [-0.15, -0.1) is 0 Å². The second-order valence-electron chi connectivity index (χ2n) is 33.8. The number of rotatable bonds is 12. The quantitative estimate of drug-likeness (QED) is 0.109. The van der Waals surface area contributed by atoms with Crippen LogP contribution in [0.25, 0.3) is 201 Å². The number of aromatic nitrogens is 6. The molecular formula is C120H90N6. The Morgan fingerprint density at radius 2 is 0.278 bits per heavy atom. The normalized spacial score (nSPS) is 12.0. The summed E-state index contributed by atoms with van der Waals surface area (Å²) in [6.45, 7) is 13.0. The lowest BCUT2D eigenvalue weighted by molar-refractivity contribution is 1.17.